The van der Waals surface area contributed by atoms with E-state index in [4.69, 9.17) is 4.43 Å². The molecule has 0 aliphatic rings. The van der Waals surface area contributed by atoms with Gasteiger partial charge in [0.1, 0.15) is 0 Å². The molecule has 0 amide bonds. The second kappa shape index (κ2) is 6.37. The maximum Gasteiger partial charge on any atom is 0.196 e. The Balaban J connectivity index is 3.60. The molecular formula is C9H21IOSi. The largest absolute Gasteiger partial charge is 0.414 e. The first-order valence-electron chi connectivity index (χ1n) is 4.75. The Hall–Kier alpha value is 0.907. The molecule has 0 aromatic rings. The Morgan fingerprint density at radius 3 is 2.42 bits per heavy atom. The lowest BCUT2D eigenvalue weighted by Crippen LogP contribution is -2.36. The van der Waals surface area contributed by atoms with E-state index in [1.165, 1.54) is 23.3 Å². The van der Waals surface area contributed by atoms with Gasteiger partial charge in [0.05, 0.1) is 0 Å². The summed E-state index contributed by atoms with van der Waals surface area (Å²) in [6.45, 7) is 9.02. The topological polar surface area (TPSA) is 9.23 Å². The molecule has 0 radical (unpaired) electrons. The summed E-state index contributed by atoms with van der Waals surface area (Å²) in [5.41, 5.74) is 0. The average molecular weight is 300 g/mol. The van der Waals surface area contributed by atoms with Crippen molar-refractivity contribution in [3.05, 3.63) is 0 Å². The normalized spacial score (nSPS) is 14.8. The van der Waals surface area contributed by atoms with Crippen molar-refractivity contribution in [1.82, 2.24) is 0 Å². The lowest BCUT2D eigenvalue weighted by molar-refractivity contribution is 0.200. The number of hydrogen-bond donors (Lipinski definition) is 0. The summed E-state index contributed by atoms with van der Waals surface area (Å²) in [7, 11) is -1.30. The molecule has 0 saturated heterocycles. The Labute approximate surface area is 91.5 Å². The van der Waals surface area contributed by atoms with Crippen LogP contribution < -0.4 is 0 Å². The van der Waals surface area contributed by atoms with Crippen molar-refractivity contribution in [3.63, 3.8) is 0 Å². The van der Waals surface area contributed by atoms with Crippen LogP contribution in [0.5, 0.6) is 0 Å². The molecule has 3 heteroatoms. The Morgan fingerprint density at radius 1 is 1.42 bits per heavy atom. The summed E-state index contributed by atoms with van der Waals surface area (Å²) in [5.74, 6) is 0. The van der Waals surface area contributed by atoms with Crippen LogP contribution in [0.3, 0.4) is 0 Å². The molecule has 0 rings (SSSR count). The van der Waals surface area contributed by atoms with Gasteiger partial charge in [-0.15, -0.1) is 0 Å². The van der Waals surface area contributed by atoms with Gasteiger partial charge in [-0.25, -0.2) is 0 Å². The molecule has 0 bridgehead atoms. The van der Waals surface area contributed by atoms with Crippen LogP contribution in [-0.4, -0.2) is 18.5 Å². The monoisotopic (exact) mass is 300 g/mol. The van der Waals surface area contributed by atoms with E-state index in [0.717, 1.165) is 0 Å². The van der Waals surface area contributed by atoms with Gasteiger partial charge in [-0.3, -0.25) is 0 Å². The highest BCUT2D eigenvalue weighted by Crippen LogP contribution is 2.14. The summed E-state index contributed by atoms with van der Waals surface area (Å²) in [6.07, 6.45) is 4.28. The summed E-state index contributed by atoms with van der Waals surface area (Å²) in [4.78, 5) is 0. The van der Waals surface area contributed by atoms with Gasteiger partial charge in [-0.2, -0.15) is 0 Å². The SMILES string of the molecule is CCCCC(C)O[Si](C)(C)CI. The fourth-order valence-electron chi connectivity index (χ4n) is 1.13. The molecule has 0 aromatic carbocycles. The highest BCUT2D eigenvalue weighted by molar-refractivity contribution is 14.1. The van der Waals surface area contributed by atoms with Crippen molar-refractivity contribution < 1.29 is 4.43 Å². The molecule has 0 aliphatic heterocycles. The standard InChI is InChI=1S/C9H21IOSi/c1-5-6-7-9(2)11-12(3,4)8-10/h9H,5-8H2,1-4H3. The van der Waals surface area contributed by atoms with Gasteiger partial charge in [-0.05, 0) is 26.4 Å². The van der Waals surface area contributed by atoms with Gasteiger partial charge >= 0.3 is 0 Å². The van der Waals surface area contributed by atoms with Crippen molar-refractivity contribution in [2.24, 2.45) is 0 Å². The highest BCUT2D eigenvalue weighted by atomic mass is 127. The van der Waals surface area contributed by atoms with Gasteiger partial charge in [0, 0.05) is 10.2 Å². The number of alkyl halides is 1. The fraction of sp³-hybridized carbons (Fsp3) is 1.00. The Kier molecular flexibility index (Phi) is 6.86. The van der Waals surface area contributed by atoms with Gasteiger partial charge in [0.2, 0.25) is 0 Å². The fourth-order valence-corrected chi connectivity index (χ4v) is 2.94. The van der Waals surface area contributed by atoms with Crippen molar-refractivity contribution in [2.75, 3.05) is 4.05 Å². The number of unbranched alkanes of at least 4 members (excludes halogenated alkanes) is 1. The molecule has 0 heterocycles. The van der Waals surface area contributed by atoms with E-state index < -0.39 is 8.32 Å². The molecule has 0 aliphatic carbocycles. The van der Waals surface area contributed by atoms with Crippen LogP contribution in [0.4, 0.5) is 0 Å². The second-order valence-corrected chi connectivity index (χ2v) is 10.3. The molecule has 74 valence electrons. The minimum Gasteiger partial charge on any atom is -0.414 e. The lowest BCUT2D eigenvalue weighted by atomic mass is 10.2. The Morgan fingerprint density at radius 2 is 2.00 bits per heavy atom. The predicted octanol–water partition coefficient (Wildman–Crippen LogP) is 3.76. The molecule has 1 nitrogen and oxygen atoms in total. The Bertz CT molecular complexity index is 117. The van der Waals surface area contributed by atoms with Crippen molar-refractivity contribution in [3.8, 4) is 0 Å². The minimum absolute atomic E-state index is 0.474. The third kappa shape index (κ3) is 6.43. The third-order valence-electron chi connectivity index (χ3n) is 1.81. The number of rotatable bonds is 6. The summed E-state index contributed by atoms with van der Waals surface area (Å²) >= 11 is 2.44. The first-order valence-corrected chi connectivity index (χ1v) is 9.39. The quantitative estimate of drug-likeness (QED) is 0.412. The second-order valence-electron chi connectivity index (χ2n) is 3.96. The molecule has 0 fully saturated rings. The minimum atomic E-state index is -1.30. The van der Waals surface area contributed by atoms with Gasteiger partial charge in [0.25, 0.3) is 0 Å². The van der Waals surface area contributed by atoms with E-state index in [1.807, 2.05) is 0 Å². The zero-order valence-electron chi connectivity index (χ0n) is 8.69. The van der Waals surface area contributed by atoms with Crippen LogP contribution in [0.1, 0.15) is 33.1 Å². The predicted molar refractivity (Wildman–Crippen MR) is 66.4 cm³/mol. The zero-order valence-corrected chi connectivity index (χ0v) is 11.8. The van der Waals surface area contributed by atoms with Crippen molar-refractivity contribution in [1.29, 1.82) is 0 Å². The van der Waals surface area contributed by atoms with E-state index in [0.29, 0.717) is 6.10 Å². The summed E-state index contributed by atoms with van der Waals surface area (Å²) < 4.78 is 7.22. The molecule has 0 aromatic heterocycles. The molecule has 0 N–H and O–H groups in total. The van der Waals surface area contributed by atoms with Crippen LogP contribution in [0.15, 0.2) is 0 Å². The van der Waals surface area contributed by atoms with E-state index in [9.17, 15) is 0 Å². The molecular weight excluding hydrogens is 279 g/mol. The van der Waals surface area contributed by atoms with E-state index in [1.54, 1.807) is 0 Å². The van der Waals surface area contributed by atoms with Crippen LogP contribution >= 0.6 is 22.6 Å². The smallest absolute Gasteiger partial charge is 0.196 e. The van der Waals surface area contributed by atoms with Crippen molar-refractivity contribution >= 4 is 30.9 Å². The first kappa shape index (κ1) is 12.9. The van der Waals surface area contributed by atoms with E-state index >= 15 is 0 Å². The van der Waals surface area contributed by atoms with Crippen LogP contribution in [0.2, 0.25) is 13.1 Å². The van der Waals surface area contributed by atoms with Crippen LogP contribution in [-0.2, 0) is 4.43 Å². The molecule has 0 saturated carbocycles. The summed E-state index contributed by atoms with van der Waals surface area (Å²) in [5, 5.41) is 0. The van der Waals surface area contributed by atoms with E-state index in [2.05, 4.69) is 49.5 Å². The molecule has 1 atom stereocenters. The number of hydrogen-bond acceptors (Lipinski definition) is 1. The van der Waals surface area contributed by atoms with E-state index in [-0.39, 0.29) is 0 Å². The van der Waals surface area contributed by atoms with Gasteiger partial charge < -0.3 is 4.43 Å². The summed E-state index contributed by atoms with van der Waals surface area (Å²) in [6, 6.07) is 0. The highest BCUT2D eigenvalue weighted by Gasteiger charge is 2.22. The average Bonchev–Trinajstić information content (AvgIpc) is 2.00. The van der Waals surface area contributed by atoms with Crippen LogP contribution in [0, 0.1) is 0 Å². The number of halogens is 1. The lowest BCUT2D eigenvalue weighted by Gasteiger charge is -2.25. The molecule has 12 heavy (non-hydrogen) atoms. The molecule has 0 spiro atoms. The van der Waals surface area contributed by atoms with Crippen LogP contribution in [0.25, 0.3) is 0 Å². The zero-order chi connectivity index (χ0) is 9.61. The van der Waals surface area contributed by atoms with Crippen molar-refractivity contribution in [2.45, 2.75) is 52.3 Å². The van der Waals surface area contributed by atoms with Gasteiger partial charge in [-0.1, -0.05) is 42.4 Å². The maximum absolute atomic E-state index is 6.02. The third-order valence-corrected chi connectivity index (χ3v) is 9.00. The van der Waals surface area contributed by atoms with Gasteiger partial charge in [0.15, 0.2) is 8.32 Å². The maximum atomic E-state index is 6.02. The first-order chi connectivity index (χ1) is 5.52. The molecule has 1 unspecified atom stereocenters.